The number of hydrogen-bond donors (Lipinski definition) is 6. The number of anilines is 2. The number of H-pyrrole nitrogens is 2. The van der Waals surface area contributed by atoms with Gasteiger partial charge in [-0.1, -0.05) is 25.7 Å². The fourth-order valence-electron chi connectivity index (χ4n) is 7.80. The Labute approximate surface area is 319 Å². The molecule has 2 aliphatic carbocycles. The smallest absolute Gasteiger partial charge is 0.261 e. The van der Waals surface area contributed by atoms with E-state index in [1.807, 2.05) is 0 Å². The van der Waals surface area contributed by atoms with Crippen LogP contribution in [0.5, 0.6) is 0 Å². The van der Waals surface area contributed by atoms with Crippen molar-refractivity contribution in [1.82, 2.24) is 30.6 Å². The summed E-state index contributed by atoms with van der Waals surface area (Å²) in [7, 11) is 0. The van der Waals surface area contributed by atoms with Gasteiger partial charge in [-0.3, -0.25) is 9.59 Å². The maximum Gasteiger partial charge on any atom is 0.261 e. The zero-order valence-corrected chi connectivity index (χ0v) is 31.8. The number of benzene rings is 2. The van der Waals surface area contributed by atoms with Gasteiger partial charge in [0, 0.05) is 47.0 Å². The second kappa shape index (κ2) is 18.1. The van der Waals surface area contributed by atoms with Gasteiger partial charge in [0.1, 0.15) is 46.4 Å². The minimum atomic E-state index is -0.907. The van der Waals surface area contributed by atoms with Gasteiger partial charge in [-0.05, 0) is 75.9 Å². The summed E-state index contributed by atoms with van der Waals surface area (Å²) in [5, 5.41) is 12.5. The normalized spacial score (nSPS) is 23.8. The van der Waals surface area contributed by atoms with E-state index in [0.717, 1.165) is 51.6 Å². The van der Waals surface area contributed by atoms with Gasteiger partial charge in [-0.15, -0.1) is 23.5 Å². The molecular weight excluding hydrogens is 741 g/mol. The van der Waals surface area contributed by atoms with Gasteiger partial charge in [0.2, 0.25) is 0 Å². The van der Waals surface area contributed by atoms with Gasteiger partial charge in [0.15, 0.2) is 0 Å². The molecule has 4 fully saturated rings. The van der Waals surface area contributed by atoms with Gasteiger partial charge in [-0.2, -0.15) is 0 Å². The maximum absolute atomic E-state index is 14.5. The number of aromatic amines is 2. The monoisotopic (exact) mass is 788 g/mol. The number of halogens is 4. The molecule has 6 N–H and O–H groups in total. The lowest BCUT2D eigenvalue weighted by molar-refractivity contribution is 0.275. The Morgan fingerprint density at radius 2 is 1.04 bits per heavy atom. The number of aromatic nitrogens is 4. The van der Waals surface area contributed by atoms with E-state index in [0.29, 0.717) is 70.7 Å². The number of nitrogens with zero attached hydrogens (tertiary/aromatic N) is 2. The molecule has 8 rings (SSSR count). The average molecular weight is 789 g/mol. The van der Waals surface area contributed by atoms with Crippen LogP contribution in [0.15, 0.2) is 33.9 Å². The number of piperidine rings is 2. The molecule has 10 nitrogen and oxygen atoms in total. The van der Waals surface area contributed by atoms with Gasteiger partial charge in [0.25, 0.3) is 11.1 Å². The van der Waals surface area contributed by atoms with Crippen molar-refractivity contribution in [2.75, 3.05) is 36.8 Å². The number of rotatable bonds is 10. The quantitative estimate of drug-likeness (QED) is 0.0964. The van der Waals surface area contributed by atoms with Crippen LogP contribution in [0.4, 0.5) is 28.9 Å². The van der Waals surface area contributed by atoms with Gasteiger partial charge < -0.3 is 31.2 Å². The third-order valence-corrected chi connectivity index (χ3v) is 13.4. The first-order valence-electron chi connectivity index (χ1n) is 19.1. The summed E-state index contributed by atoms with van der Waals surface area (Å²) in [4.78, 5) is 38.9. The largest absolute Gasteiger partial charge is 0.382 e. The summed E-state index contributed by atoms with van der Waals surface area (Å²) in [6.45, 7) is 2.31. The number of fused-ring (bicyclic) bond motifs is 2. The highest BCUT2D eigenvalue weighted by Gasteiger charge is 2.27. The first kappa shape index (κ1) is 38.9. The van der Waals surface area contributed by atoms with Crippen LogP contribution in [0.3, 0.4) is 0 Å². The SMILES string of the molecule is O=c1[nH]c(CS[C@@H]2CCNC[C@@H]2F)nc2cc(NC3CCCC3)cc(F)c12.O=c1[nH]c(CS[C@H]2CCNC[C@H]2F)nc2cc(NC3CCCC3)cc(F)c12. The van der Waals surface area contributed by atoms with Crippen molar-refractivity contribution in [3.63, 3.8) is 0 Å². The third kappa shape index (κ3) is 9.72. The number of thioether (sulfide) groups is 2. The number of hydrogen-bond acceptors (Lipinski definition) is 10. The van der Waals surface area contributed by atoms with Gasteiger partial charge in [0.05, 0.1) is 22.5 Å². The fourth-order valence-corrected chi connectivity index (χ4v) is 10.00. The van der Waals surface area contributed by atoms with Gasteiger partial charge >= 0.3 is 0 Å². The van der Waals surface area contributed by atoms with Gasteiger partial charge in [-0.25, -0.2) is 27.5 Å². The van der Waals surface area contributed by atoms with E-state index in [1.54, 1.807) is 12.1 Å². The Balaban J connectivity index is 0.000000167. The highest BCUT2D eigenvalue weighted by molar-refractivity contribution is 7.99. The average Bonchev–Trinajstić information content (AvgIpc) is 3.86. The first-order valence-corrected chi connectivity index (χ1v) is 21.2. The molecule has 16 heteroatoms. The second-order valence-electron chi connectivity index (χ2n) is 14.7. The van der Waals surface area contributed by atoms with Crippen molar-refractivity contribution >= 4 is 56.7 Å². The first-order chi connectivity index (χ1) is 26.2. The molecule has 0 spiro atoms. The van der Waals surface area contributed by atoms with E-state index >= 15 is 0 Å². The van der Waals surface area contributed by atoms with Crippen molar-refractivity contribution in [3.05, 3.63) is 68.3 Å². The second-order valence-corrected chi connectivity index (χ2v) is 17.2. The summed E-state index contributed by atoms with van der Waals surface area (Å²) >= 11 is 2.91. The molecule has 2 saturated carbocycles. The Hall–Kier alpha value is -3.34. The molecule has 4 aromatic rings. The summed E-state index contributed by atoms with van der Waals surface area (Å²) in [5.74, 6) is 0.587. The molecule has 54 heavy (non-hydrogen) atoms. The lowest BCUT2D eigenvalue weighted by Gasteiger charge is -2.25. The molecule has 2 aromatic heterocycles. The highest BCUT2D eigenvalue weighted by Crippen LogP contribution is 2.30. The van der Waals surface area contributed by atoms with E-state index in [2.05, 4.69) is 41.2 Å². The molecule has 2 saturated heterocycles. The fraction of sp³-hybridized carbons (Fsp3) is 0.579. The van der Waals surface area contributed by atoms with Crippen LogP contribution in [0.1, 0.15) is 75.9 Å². The number of nitrogens with one attached hydrogen (secondary N) is 6. The molecule has 0 bridgehead atoms. The topological polar surface area (TPSA) is 140 Å². The summed E-state index contributed by atoms with van der Waals surface area (Å²) in [6.07, 6.45) is 8.69. The lowest BCUT2D eigenvalue weighted by atomic mass is 10.1. The summed E-state index contributed by atoms with van der Waals surface area (Å²) in [5.41, 5.74) is 1.04. The maximum atomic E-state index is 14.5. The molecule has 0 amide bonds. The molecule has 0 radical (unpaired) electrons. The molecular formula is C38H48F4N8O2S2. The highest BCUT2D eigenvalue weighted by atomic mass is 32.2. The zero-order valence-electron chi connectivity index (χ0n) is 30.1. The minimum Gasteiger partial charge on any atom is -0.382 e. The third-order valence-electron chi connectivity index (χ3n) is 10.6. The Bertz CT molecular complexity index is 1880. The minimum absolute atomic E-state index is 0.0223. The summed E-state index contributed by atoms with van der Waals surface area (Å²) in [6, 6.07) is 6.91. The number of alkyl halides is 2. The van der Waals surface area contributed by atoms with E-state index in [1.165, 1.54) is 61.3 Å². The standard InChI is InChI=1S/2C19H24F2N4OS/c2*20-13-7-12(23-11-3-1-2-4-11)8-15-18(13)19(26)25-17(24-15)10-27-16-5-6-22-9-14(16)21/h2*7-8,11,14,16,22-23H,1-6,9-10H2,(H,24,25,26)/t2*14-,16+/m10/s1. The van der Waals surface area contributed by atoms with Crippen LogP contribution in [0.2, 0.25) is 0 Å². The van der Waals surface area contributed by atoms with E-state index < -0.39 is 35.1 Å². The van der Waals surface area contributed by atoms with E-state index in [9.17, 15) is 27.2 Å². The van der Waals surface area contributed by atoms with Crippen LogP contribution in [-0.2, 0) is 11.5 Å². The van der Waals surface area contributed by atoms with E-state index in [4.69, 9.17) is 0 Å². The zero-order chi connectivity index (χ0) is 37.6. The van der Waals surface area contributed by atoms with Crippen LogP contribution in [-0.4, -0.2) is 81.0 Å². The van der Waals surface area contributed by atoms with Crippen molar-refractivity contribution in [2.45, 2.75) is 111 Å². The molecule has 2 aromatic carbocycles. The van der Waals surface area contributed by atoms with E-state index in [-0.39, 0.29) is 21.3 Å². The van der Waals surface area contributed by atoms with Crippen molar-refractivity contribution < 1.29 is 17.6 Å². The predicted molar refractivity (Wildman–Crippen MR) is 211 cm³/mol. The van der Waals surface area contributed by atoms with Crippen LogP contribution in [0.25, 0.3) is 21.8 Å². The van der Waals surface area contributed by atoms with Crippen LogP contribution < -0.4 is 32.4 Å². The Kier molecular flexibility index (Phi) is 13.0. The molecule has 292 valence electrons. The summed E-state index contributed by atoms with van der Waals surface area (Å²) < 4.78 is 56.9. The van der Waals surface area contributed by atoms with Crippen LogP contribution >= 0.6 is 23.5 Å². The predicted octanol–water partition coefficient (Wildman–Crippen LogP) is 6.70. The molecule has 0 unspecified atom stereocenters. The van der Waals surface area contributed by atoms with Crippen LogP contribution in [0, 0.1) is 11.6 Å². The molecule has 4 atom stereocenters. The Morgan fingerprint density at radius 3 is 1.43 bits per heavy atom. The van der Waals surface area contributed by atoms with Crippen molar-refractivity contribution in [2.24, 2.45) is 0 Å². The van der Waals surface area contributed by atoms with Crippen molar-refractivity contribution in [3.8, 4) is 0 Å². The Morgan fingerprint density at radius 1 is 0.630 bits per heavy atom. The molecule has 4 heterocycles. The lowest BCUT2D eigenvalue weighted by Crippen LogP contribution is -2.39. The molecule has 4 aliphatic rings. The molecule has 2 aliphatic heterocycles. The van der Waals surface area contributed by atoms with Crippen molar-refractivity contribution in [1.29, 1.82) is 0 Å².